The highest BCUT2D eigenvalue weighted by molar-refractivity contribution is 5.86. The Hall–Kier alpha value is -1.55. The first-order valence-corrected chi connectivity index (χ1v) is 22.0. The van der Waals surface area contributed by atoms with E-state index >= 15 is 0 Å². The molecule has 1 N–H and O–H groups in total. The van der Waals surface area contributed by atoms with Gasteiger partial charge in [0.2, 0.25) is 0 Å². The van der Waals surface area contributed by atoms with Gasteiger partial charge in [-0.2, -0.15) is 0 Å². The van der Waals surface area contributed by atoms with Gasteiger partial charge in [0.05, 0.1) is 244 Å². The normalized spacial score (nSPS) is 11.5. The molecule has 0 amide bonds. The van der Waals surface area contributed by atoms with E-state index in [2.05, 4.69) is 6.58 Å². The van der Waals surface area contributed by atoms with Gasteiger partial charge in [-0.15, -0.1) is 0 Å². The van der Waals surface area contributed by atoms with Gasteiger partial charge in [-0.3, -0.25) is 0 Å². The van der Waals surface area contributed by atoms with Crippen LogP contribution in [-0.2, 0) is 94.8 Å². The van der Waals surface area contributed by atoms with Gasteiger partial charge in [-0.05, 0) is 6.92 Å². The van der Waals surface area contributed by atoms with E-state index in [-0.39, 0.29) is 13.2 Å². The van der Waals surface area contributed by atoms with Crippen LogP contribution in [0.4, 0.5) is 0 Å². The fourth-order valence-corrected chi connectivity index (χ4v) is 4.22. The summed E-state index contributed by atoms with van der Waals surface area (Å²) in [5.74, 6) is -0.418. The van der Waals surface area contributed by atoms with Crippen LogP contribution in [0.15, 0.2) is 12.2 Å². The molecule has 0 saturated heterocycles. The molecule has 0 aliphatic rings. The maximum Gasteiger partial charge on any atom is 0.333 e. The average molecular weight is 923 g/mol. The third-order valence-corrected chi connectivity index (χ3v) is 7.37. The molecule has 63 heavy (non-hydrogen) atoms. The molecule has 0 bridgehead atoms. The molecule has 0 aliphatic carbocycles. The van der Waals surface area contributed by atoms with E-state index < -0.39 is 5.97 Å². The van der Waals surface area contributed by atoms with Crippen LogP contribution in [0.25, 0.3) is 0 Å². The topological polar surface area (TPSA) is 213 Å². The van der Waals surface area contributed by atoms with Gasteiger partial charge in [-0.25, -0.2) is 4.79 Å². The van der Waals surface area contributed by atoms with Crippen LogP contribution in [0.2, 0.25) is 0 Å². The van der Waals surface area contributed by atoms with E-state index in [1.54, 1.807) is 6.92 Å². The molecule has 21 nitrogen and oxygen atoms in total. The van der Waals surface area contributed by atoms with Crippen LogP contribution >= 0.6 is 0 Å². The summed E-state index contributed by atoms with van der Waals surface area (Å²) in [5.41, 5.74) is 0.365. The zero-order valence-corrected chi connectivity index (χ0v) is 38.2. The number of aliphatic hydroxyl groups excluding tert-OH is 1. The van der Waals surface area contributed by atoms with Gasteiger partial charge in [0.15, 0.2) is 0 Å². The quantitative estimate of drug-likeness (QED) is 0.0497. The number of hydrogen-bond acceptors (Lipinski definition) is 21. The Balaban J connectivity index is 3.08. The minimum absolute atomic E-state index is 0.0186. The second kappa shape index (κ2) is 56.6. The molecule has 0 radical (unpaired) electrons. The number of aliphatic hydroxyl groups is 1. The SMILES string of the molecule is C=C(C)C(=O)OCCOCCOCCOCCOCCOCCOCCOCCOCCOCCOCCOCCOCCOCCOCCOCCOCCOCCOCCO. The minimum atomic E-state index is -0.418. The van der Waals surface area contributed by atoms with Crippen molar-refractivity contribution >= 4 is 5.97 Å². The zero-order chi connectivity index (χ0) is 45.5. The summed E-state index contributed by atoms with van der Waals surface area (Å²) in [5, 5.41) is 8.60. The molecule has 0 saturated carbocycles. The van der Waals surface area contributed by atoms with E-state index in [1.807, 2.05) is 0 Å². The Bertz CT molecular complexity index is 893. The number of esters is 1. The van der Waals surface area contributed by atoms with E-state index in [1.165, 1.54) is 0 Å². The zero-order valence-electron chi connectivity index (χ0n) is 38.2. The Labute approximate surface area is 375 Å². The maximum absolute atomic E-state index is 11.2. The van der Waals surface area contributed by atoms with Gasteiger partial charge in [-0.1, -0.05) is 6.58 Å². The van der Waals surface area contributed by atoms with E-state index in [0.717, 1.165) is 0 Å². The Morgan fingerprint density at radius 3 is 0.524 bits per heavy atom. The summed E-state index contributed by atoms with van der Waals surface area (Å²) in [6.45, 7) is 22.3. The standard InChI is InChI=1S/C42H82O21/c1-41(2)42(44)63-40-39-62-38-37-61-36-35-60-34-33-59-32-31-58-30-29-57-28-27-56-26-25-55-24-23-54-22-21-53-20-19-52-18-17-51-16-15-50-14-13-49-12-11-48-10-9-47-8-7-46-6-5-45-4-3-43/h43H,1,3-40H2,2H3. The molecule has 0 aliphatic heterocycles. The predicted octanol–water partition coefficient (Wildman–Crippen LogP) is 0.397. The Kier molecular flexibility index (Phi) is 55.2. The molecule has 0 heterocycles. The molecule has 0 spiro atoms. The van der Waals surface area contributed by atoms with Crippen LogP contribution in [0.3, 0.4) is 0 Å². The summed E-state index contributed by atoms with van der Waals surface area (Å²) in [4.78, 5) is 11.2. The molecular formula is C42H82O21. The highest BCUT2D eigenvalue weighted by Crippen LogP contribution is 1.93. The van der Waals surface area contributed by atoms with Crippen molar-refractivity contribution in [2.24, 2.45) is 0 Å². The minimum Gasteiger partial charge on any atom is -0.460 e. The summed E-state index contributed by atoms with van der Waals surface area (Å²) in [7, 11) is 0. The molecule has 21 heteroatoms. The largest absolute Gasteiger partial charge is 0.460 e. The number of carbonyl (C=O) groups excluding carboxylic acids is 1. The first-order valence-electron chi connectivity index (χ1n) is 22.0. The first kappa shape index (κ1) is 61.5. The van der Waals surface area contributed by atoms with E-state index in [0.29, 0.717) is 243 Å². The fourth-order valence-electron chi connectivity index (χ4n) is 4.22. The summed E-state index contributed by atoms with van der Waals surface area (Å²) >= 11 is 0. The number of ether oxygens (including phenoxy) is 19. The lowest BCUT2D eigenvalue weighted by atomic mass is 10.4. The maximum atomic E-state index is 11.2. The molecule has 0 atom stereocenters. The third kappa shape index (κ3) is 56.5. The molecule has 0 aromatic carbocycles. The lowest BCUT2D eigenvalue weighted by molar-refractivity contribution is -0.140. The number of hydrogen-bond donors (Lipinski definition) is 1. The van der Waals surface area contributed by atoms with Gasteiger partial charge in [0.1, 0.15) is 6.61 Å². The average Bonchev–Trinajstić information content (AvgIpc) is 3.28. The lowest BCUT2D eigenvalue weighted by Crippen LogP contribution is -2.16. The van der Waals surface area contributed by atoms with Gasteiger partial charge < -0.3 is 95.1 Å². The third-order valence-electron chi connectivity index (χ3n) is 7.37. The van der Waals surface area contributed by atoms with E-state index in [4.69, 9.17) is 95.1 Å². The van der Waals surface area contributed by atoms with E-state index in [9.17, 15) is 4.79 Å². The molecular weight excluding hydrogens is 840 g/mol. The van der Waals surface area contributed by atoms with Crippen LogP contribution in [-0.4, -0.2) is 262 Å². The number of carbonyl (C=O) groups is 1. The summed E-state index contributed by atoms with van der Waals surface area (Å²) in [6, 6.07) is 0. The van der Waals surface area contributed by atoms with Crippen molar-refractivity contribution in [3.05, 3.63) is 12.2 Å². The highest BCUT2D eigenvalue weighted by Gasteiger charge is 2.02. The fraction of sp³-hybridized carbons (Fsp3) is 0.929. The van der Waals surface area contributed by atoms with Crippen LogP contribution in [0.1, 0.15) is 6.92 Å². The van der Waals surface area contributed by atoms with Gasteiger partial charge in [0, 0.05) is 5.57 Å². The van der Waals surface area contributed by atoms with Crippen molar-refractivity contribution in [3.63, 3.8) is 0 Å². The van der Waals surface area contributed by atoms with Crippen LogP contribution in [0.5, 0.6) is 0 Å². The Morgan fingerprint density at radius 1 is 0.270 bits per heavy atom. The molecule has 0 rings (SSSR count). The van der Waals surface area contributed by atoms with Crippen molar-refractivity contribution in [1.29, 1.82) is 0 Å². The summed E-state index contributed by atoms with van der Waals surface area (Å²) < 4.78 is 103. The van der Waals surface area contributed by atoms with Crippen LogP contribution < -0.4 is 0 Å². The lowest BCUT2D eigenvalue weighted by Gasteiger charge is -2.09. The van der Waals surface area contributed by atoms with Crippen molar-refractivity contribution in [1.82, 2.24) is 0 Å². The molecule has 0 aromatic rings. The van der Waals surface area contributed by atoms with Gasteiger partial charge in [0.25, 0.3) is 0 Å². The second-order valence-electron chi connectivity index (χ2n) is 12.7. The van der Waals surface area contributed by atoms with Crippen molar-refractivity contribution < 1.29 is 99.9 Å². The van der Waals surface area contributed by atoms with Crippen molar-refractivity contribution in [3.8, 4) is 0 Å². The molecule has 376 valence electrons. The molecule has 0 fully saturated rings. The second-order valence-corrected chi connectivity index (χ2v) is 12.7. The van der Waals surface area contributed by atoms with Gasteiger partial charge >= 0.3 is 5.97 Å². The first-order chi connectivity index (χ1) is 31.2. The molecule has 0 unspecified atom stereocenters. The predicted molar refractivity (Wildman–Crippen MR) is 228 cm³/mol. The Morgan fingerprint density at radius 2 is 0.397 bits per heavy atom. The van der Waals surface area contributed by atoms with Crippen LogP contribution in [0, 0.1) is 0 Å². The monoisotopic (exact) mass is 923 g/mol. The van der Waals surface area contributed by atoms with Crippen molar-refractivity contribution in [2.75, 3.05) is 251 Å². The number of rotatable bonds is 57. The van der Waals surface area contributed by atoms with Crippen molar-refractivity contribution in [2.45, 2.75) is 6.92 Å². The highest BCUT2D eigenvalue weighted by atomic mass is 16.6. The summed E-state index contributed by atoms with van der Waals surface area (Å²) in [6.07, 6.45) is 0. The molecule has 0 aromatic heterocycles. The smallest absolute Gasteiger partial charge is 0.333 e.